The molecule has 21 heavy (non-hydrogen) atoms. The topological polar surface area (TPSA) is 35.8 Å². The summed E-state index contributed by atoms with van der Waals surface area (Å²) in [6, 6.07) is 12.9. The third-order valence-corrected chi connectivity index (χ3v) is 3.19. The van der Waals surface area contributed by atoms with Crippen LogP contribution in [0.5, 0.6) is 0 Å². The van der Waals surface area contributed by atoms with E-state index in [0.717, 1.165) is 18.2 Å². The first kappa shape index (κ1) is 15.2. The molecule has 0 bridgehead atoms. The van der Waals surface area contributed by atoms with Crippen LogP contribution < -0.4 is 5.32 Å². The SMILES string of the molecule is N#CC(Nc1cc(C(F)(F)F)ccc1Cl)c1ccccc1. The van der Waals surface area contributed by atoms with E-state index in [4.69, 9.17) is 11.6 Å². The van der Waals surface area contributed by atoms with Crippen LogP contribution in [0, 0.1) is 11.3 Å². The molecule has 0 fully saturated rings. The summed E-state index contributed by atoms with van der Waals surface area (Å²) in [7, 11) is 0. The number of nitrogens with one attached hydrogen (secondary N) is 1. The number of alkyl halides is 3. The van der Waals surface area contributed by atoms with Crippen molar-refractivity contribution >= 4 is 17.3 Å². The number of rotatable bonds is 3. The van der Waals surface area contributed by atoms with Gasteiger partial charge in [-0.05, 0) is 23.8 Å². The molecular weight excluding hydrogens is 301 g/mol. The van der Waals surface area contributed by atoms with Crippen LogP contribution in [0.1, 0.15) is 17.2 Å². The van der Waals surface area contributed by atoms with Gasteiger partial charge in [0, 0.05) is 0 Å². The molecule has 0 aliphatic heterocycles. The molecule has 6 heteroatoms. The van der Waals surface area contributed by atoms with E-state index in [1.54, 1.807) is 30.3 Å². The molecular formula is C15H10ClF3N2. The van der Waals surface area contributed by atoms with E-state index >= 15 is 0 Å². The van der Waals surface area contributed by atoms with Gasteiger partial charge in [0.05, 0.1) is 22.3 Å². The van der Waals surface area contributed by atoms with Crippen molar-refractivity contribution in [1.82, 2.24) is 0 Å². The van der Waals surface area contributed by atoms with Gasteiger partial charge in [0.2, 0.25) is 0 Å². The van der Waals surface area contributed by atoms with Crippen molar-refractivity contribution < 1.29 is 13.2 Å². The van der Waals surface area contributed by atoms with Gasteiger partial charge in [-0.3, -0.25) is 0 Å². The Morgan fingerprint density at radius 1 is 1.10 bits per heavy atom. The van der Waals surface area contributed by atoms with Crippen LogP contribution in [-0.4, -0.2) is 0 Å². The van der Waals surface area contributed by atoms with Crippen LogP contribution in [0.15, 0.2) is 48.5 Å². The summed E-state index contributed by atoms with van der Waals surface area (Å²) in [5.74, 6) is 0. The standard InChI is InChI=1S/C15H10ClF3N2/c16-12-7-6-11(15(17,18)19)8-13(12)21-14(9-20)10-4-2-1-3-5-10/h1-8,14,21H. The second kappa shape index (κ2) is 6.06. The summed E-state index contributed by atoms with van der Waals surface area (Å²) in [5, 5.41) is 12.0. The number of anilines is 1. The molecule has 0 saturated carbocycles. The Bertz CT molecular complexity index is 663. The molecule has 0 aliphatic carbocycles. The number of nitrogens with zero attached hydrogens (tertiary/aromatic N) is 1. The van der Waals surface area contributed by atoms with E-state index in [0.29, 0.717) is 5.56 Å². The van der Waals surface area contributed by atoms with Crippen LogP contribution in [0.3, 0.4) is 0 Å². The Balaban J connectivity index is 2.32. The Kier molecular flexibility index (Phi) is 4.39. The highest BCUT2D eigenvalue weighted by molar-refractivity contribution is 6.33. The van der Waals surface area contributed by atoms with Crippen LogP contribution in [0.2, 0.25) is 5.02 Å². The predicted molar refractivity (Wildman–Crippen MR) is 74.9 cm³/mol. The summed E-state index contributed by atoms with van der Waals surface area (Å²) in [6.07, 6.45) is -4.46. The molecule has 2 nitrogen and oxygen atoms in total. The molecule has 0 aromatic heterocycles. The molecule has 2 aromatic carbocycles. The summed E-state index contributed by atoms with van der Waals surface area (Å²) in [5.41, 5.74) is -0.102. The molecule has 0 heterocycles. The molecule has 2 rings (SSSR count). The maximum absolute atomic E-state index is 12.7. The van der Waals surface area contributed by atoms with Crippen LogP contribution in [0.25, 0.3) is 0 Å². The normalized spacial score (nSPS) is 12.5. The quantitative estimate of drug-likeness (QED) is 0.862. The van der Waals surface area contributed by atoms with Gasteiger partial charge in [-0.15, -0.1) is 0 Å². The lowest BCUT2D eigenvalue weighted by molar-refractivity contribution is -0.137. The van der Waals surface area contributed by atoms with Crippen molar-refractivity contribution in [3.05, 3.63) is 64.7 Å². The van der Waals surface area contributed by atoms with Gasteiger partial charge in [-0.2, -0.15) is 18.4 Å². The first-order chi connectivity index (χ1) is 9.91. The van der Waals surface area contributed by atoms with E-state index in [-0.39, 0.29) is 10.7 Å². The third kappa shape index (κ3) is 3.67. The second-order valence-corrected chi connectivity index (χ2v) is 4.72. The zero-order valence-corrected chi connectivity index (χ0v) is 11.4. The van der Waals surface area contributed by atoms with Crippen molar-refractivity contribution in [1.29, 1.82) is 5.26 Å². The monoisotopic (exact) mass is 310 g/mol. The van der Waals surface area contributed by atoms with Gasteiger partial charge >= 0.3 is 6.18 Å². The lowest BCUT2D eigenvalue weighted by Crippen LogP contribution is -2.11. The van der Waals surface area contributed by atoms with E-state index in [1.807, 2.05) is 6.07 Å². The summed E-state index contributed by atoms with van der Waals surface area (Å²) in [4.78, 5) is 0. The summed E-state index contributed by atoms with van der Waals surface area (Å²) >= 11 is 5.90. The number of benzene rings is 2. The summed E-state index contributed by atoms with van der Waals surface area (Å²) in [6.45, 7) is 0. The van der Waals surface area contributed by atoms with Crippen molar-refractivity contribution in [2.45, 2.75) is 12.2 Å². The Hall–Kier alpha value is -2.19. The van der Waals surface area contributed by atoms with E-state index < -0.39 is 17.8 Å². The zero-order valence-electron chi connectivity index (χ0n) is 10.7. The third-order valence-electron chi connectivity index (χ3n) is 2.86. The van der Waals surface area contributed by atoms with Crippen LogP contribution >= 0.6 is 11.6 Å². The maximum atomic E-state index is 12.7. The van der Waals surface area contributed by atoms with E-state index in [2.05, 4.69) is 5.32 Å². The minimum atomic E-state index is -4.46. The van der Waals surface area contributed by atoms with Crippen molar-refractivity contribution in [3.8, 4) is 6.07 Å². The number of hydrogen-bond donors (Lipinski definition) is 1. The molecule has 1 atom stereocenters. The highest BCUT2D eigenvalue weighted by Gasteiger charge is 2.31. The fraction of sp³-hybridized carbons (Fsp3) is 0.133. The van der Waals surface area contributed by atoms with Crippen LogP contribution in [-0.2, 0) is 6.18 Å². The summed E-state index contributed by atoms with van der Waals surface area (Å²) < 4.78 is 38.1. The van der Waals surface area contributed by atoms with Gasteiger partial charge in [0.25, 0.3) is 0 Å². The molecule has 2 aromatic rings. The first-order valence-electron chi connectivity index (χ1n) is 5.99. The van der Waals surface area contributed by atoms with Gasteiger partial charge in [-0.1, -0.05) is 41.9 Å². The number of halogens is 4. The predicted octanol–water partition coefficient (Wildman–Crippen LogP) is 5.04. The Morgan fingerprint density at radius 2 is 1.76 bits per heavy atom. The van der Waals surface area contributed by atoms with E-state index in [1.165, 1.54) is 0 Å². The van der Waals surface area contributed by atoms with Gasteiger partial charge in [0.1, 0.15) is 6.04 Å². The number of nitriles is 1. The second-order valence-electron chi connectivity index (χ2n) is 4.31. The Morgan fingerprint density at radius 3 is 2.33 bits per heavy atom. The van der Waals surface area contributed by atoms with Crippen molar-refractivity contribution in [2.24, 2.45) is 0 Å². The molecule has 1 unspecified atom stereocenters. The molecule has 0 radical (unpaired) electrons. The van der Waals surface area contributed by atoms with Gasteiger partial charge in [-0.25, -0.2) is 0 Å². The fourth-order valence-electron chi connectivity index (χ4n) is 1.80. The van der Waals surface area contributed by atoms with Crippen molar-refractivity contribution in [3.63, 3.8) is 0 Å². The minimum absolute atomic E-state index is 0.0712. The lowest BCUT2D eigenvalue weighted by atomic mass is 10.1. The van der Waals surface area contributed by atoms with Crippen molar-refractivity contribution in [2.75, 3.05) is 5.32 Å². The Labute approximate surface area is 124 Å². The fourth-order valence-corrected chi connectivity index (χ4v) is 1.98. The zero-order chi connectivity index (χ0) is 15.5. The smallest absolute Gasteiger partial charge is 0.365 e. The minimum Gasteiger partial charge on any atom is -0.365 e. The van der Waals surface area contributed by atoms with E-state index in [9.17, 15) is 18.4 Å². The van der Waals surface area contributed by atoms with Crippen LogP contribution in [0.4, 0.5) is 18.9 Å². The molecule has 1 N–H and O–H groups in total. The largest absolute Gasteiger partial charge is 0.416 e. The molecule has 0 spiro atoms. The van der Waals surface area contributed by atoms with Gasteiger partial charge in [0.15, 0.2) is 0 Å². The number of hydrogen-bond acceptors (Lipinski definition) is 2. The first-order valence-corrected chi connectivity index (χ1v) is 6.37. The van der Waals surface area contributed by atoms with Gasteiger partial charge < -0.3 is 5.32 Å². The average Bonchev–Trinajstić information content (AvgIpc) is 2.46. The highest BCUT2D eigenvalue weighted by Crippen LogP contribution is 2.35. The maximum Gasteiger partial charge on any atom is 0.416 e. The molecule has 0 aliphatic rings. The molecule has 108 valence electrons. The average molecular weight is 311 g/mol. The highest BCUT2D eigenvalue weighted by atomic mass is 35.5. The molecule has 0 amide bonds. The lowest BCUT2D eigenvalue weighted by Gasteiger charge is -2.16. The molecule has 0 saturated heterocycles.